The van der Waals surface area contributed by atoms with E-state index < -0.39 is 5.97 Å². The molecule has 1 aromatic rings. The molecular weight excluding hydrogens is 334 g/mol. The van der Waals surface area contributed by atoms with Crippen molar-refractivity contribution in [2.45, 2.75) is 24.5 Å². The molecule has 1 atom stereocenters. The predicted octanol–water partition coefficient (Wildman–Crippen LogP) is 3.11. The molecular formula is C16H21NO4S2. The Morgan fingerprint density at radius 1 is 1.26 bits per heavy atom. The first-order valence-electron chi connectivity index (χ1n) is 7.57. The molecule has 1 aliphatic heterocycles. The molecule has 126 valence electrons. The van der Waals surface area contributed by atoms with Crippen LogP contribution in [0.25, 0.3) is 0 Å². The van der Waals surface area contributed by atoms with Crippen LogP contribution < -0.4 is 10.1 Å². The van der Waals surface area contributed by atoms with Crippen LogP contribution in [0.1, 0.15) is 19.3 Å². The van der Waals surface area contributed by atoms with Gasteiger partial charge in [0.05, 0.1) is 6.61 Å². The van der Waals surface area contributed by atoms with Gasteiger partial charge < -0.3 is 15.2 Å². The summed E-state index contributed by atoms with van der Waals surface area (Å²) in [5.41, 5.74) is 0.751. The Morgan fingerprint density at radius 2 is 2.04 bits per heavy atom. The van der Waals surface area contributed by atoms with Crippen molar-refractivity contribution in [3.05, 3.63) is 24.3 Å². The van der Waals surface area contributed by atoms with Crippen LogP contribution in [0.5, 0.6) is 5.75 Å². The average Bonchev–Trinajstić information content (AvgIpc) is 2.54. The Morgan fingerprint density at radius 3 is 2.70 bits per heavy atom. The van der Waals surface area contributed by atoms with Crippen molar-refractivity contribution >= 4 is 41.1 Å². The lowest BCUT2D eigenvalue weighted by molar-refractivity contribution is -0.137. The number of rotatable bonds is 8. The van der Waals surface area contributed by atoms with E-state index in [-0.39, 0.29) is 12.3 Å². The summed E-state index contributed by atoms with van der Waals surface area (Å²) in [6, 6.07) is 7.16. The molecule has 0 aliphatic carbocycles. The monoisotopic (exact) mass is 355 g/mol. The second-order valence-electron chi connectivity index (χ2n) is 5.19. The molecule has 7 heteroatoms. The SMILES string of the molecule is O=C(O)CCCOc1ccc(NC(=O)CC2CSCCS2)cc1. The van der Waals surface area contributed by atoms with E-state index >= 15 is 0 Å². The maximum Gasteiger partial charge on any atom is 0.303 e. The molecule has 0 radical (unpaired) electrons. The lowest BCUT2D eigenvalue weighted by Crippen LogP contribution is -2.22. The van der Waals surface area contributed by atoms with E-state index in [9.17, 15) is 9.59 Å². The fraction of sp³-hybridized carbons (Fsp3) is 0.500. The molecule has 1 fully saturated rings. The molecule has 2 rings (SSSR count). The number of thioether (sulfide) groups is 2. The molecule has 0 spiro atoms. The molecule has 5 nitrogen and oxygen atoms in total. The lowest BCUT2D eigenvalue weighted by atomic mass is 10.2. The number of nitrogens with one attached hydrogen (secondary N) is 1. The van der Waals surface area contributed by atoms with Crippen molar-refractivity contribution in [3.8, 4) is 5.75 Å². The van der Waals surface area contributed by atoms with Gasteiger partial charge in [-0.3, -0.25) is 9.59 Å². The fourth-order valence-corrected chi connectivity index (χ4v) is 4.80. The Kier molecular flexibility index (Phi) is 7.61. The first-order chi connectivity index (χ1) is 11.1. The zero-order chi connectivity index (χ0) is 16.5. The molecule has 1 saturated heterocycles. The summed E-state index contributed by atoms with van der Waals surface area (Å²) >= 11 is 3.78. The third-order valence-corrected chi connectivity index (χ3v) is 6.08. The van der Waals surface area contributed by atoms with Gasteiger partial charge in [-0.25, -0.2) is 0 Å². The van der Waals surface area contributed by atoms with Gasteiger partial charge in [0.1, 0.15) is 5.75 Å². The van der Waals surface area contributed by atoms with E-state index in [1.165, 1.54) is 5.75 Å². The van der Waals surface area contributed by atoms with Gasteiger partial charge in [0.2, 0.25) is 5.91 Å². The van der Waals surface area contributed by atoms with E-state index in [1.54, 1.807) is 24.3 Å². The predicted molar refractivity (Wildman–Crippen MR) is 95.6 cm³/mol. The van der Waals surface area contributed by atoms with E-state index in [2.05, 4.69) is 5.32 Å². The van der Waals surface area contributed by atoms with Gasteiger partial charge in [-0.1, -0.05) is 0 Å². The summed E-state index contributed by atoms with van der Waals surface area (Å²) in [6.45, 7) is 0.370. The van der Waals surface area contributed by atoms with Crippen LogP contribution in [-0.2, 0) is 9.59 Å². The highest BCUT2D eigenvalue weighted by Gasteiger charge is 2.17. The van der Waals surface area contributed by atoms with Gasteiger partial charge in [-0.2, -0.15) is 23.5 Å². The molecule has 0 bridgehead atoms. The Balaban J connectivity index is 1.71. The quantitative estimate of drug-likeness (QED) is 0.698. The van der Waals surface area contributed by atoms with Crippen molar-refractivity contribution in [1.82, 2.24) is 0 Å². The van der Waals surface area contributed by atoms with E-state index in [0.717, 1.165) is 17.2 Å². The zero-order valence-corrected chi connectivity index (χ0v) is 14.5. The van der Waals surface area contributed by atoms with Gasteiger partial charge in [-0.05, 0) is 30.7 Å². The van der Waals surface area contributed by atoms with E-state index in [0.29, 0.717) is 30.4 Å². The minimum atomic E-state index is -0.818. The zero-order valence-electron chi connectivity index (χ0n) is 12.8. The molecule has 1 aliphatic rings. The summed E-state index contributed by atoms with van der Waals surface area (Å²) in [5, 5.41) is 11.9. The van der Waals surface area contributed by atoms with Gasteiger partial charge in [0, 0.05) is 41.0 Å². The van der Waals surface area contributed by atoms with Crippen LogP contribution in [0.4, 0.5) is 5.69 Å². The van der Waals surface area contributed by atoms with Crippen LogP contribution in [0.3, 0.4) is 0 Å². The van der Waals surface area contributed by atoms with Crippen LogP contribution in [-0.4, -0.2) is 46.1 Å². The van der Waals surface area contributed by atoms with Gasteiger partial charge >= 0.3 is 5.97 Å². The van der Waals surface area contributed by atoms with Crippen LogP contribution >= 0.6 is 23.5 Å². The molecule has 2 N–H and O–H groups in total. The topological polar surface area (TPSA) is 75.6 Å². The summed E-state index contributed by atoms with van der Waals surface area (Å²) in [4.78, 5) is 22.4. The molecule has 1 unspecified atom stereocenters. The smallest absolute Gasteiger partial charge is 0.303 e. The van der Waals surface area contributed by atoms with Crippen molar-refractivity contribution in [1.29, 1.82) is 0 Å². The third kappa shape index (κ3) is 7.18. The summed E-state index contributed by atoms with van der Waals surface area (Å²) in [6.07, 6.45) is 1.13. The number of carboxylic acids is 1. The number of anilines is 1. The number of hydrogen-bond donors (Lipinski definition) is 2. The van der Waals surface area contributed by atoms with Crippen molar-refractivity contribution in [2.24, 2.45) is 0 Å². The van der Waals surface area contributed by atoms with E-state index in [1.807, 2.05) is 23.5 Å². The molecule has 0 saturated carbocycles. The van der Waals surface area contributed by atoms with Crippen molar-refractivity contribution in [2.75, 3.05) is 29.2 Å². The first kappa shape index (κ1) is 18.0. The highest BCUT2D eigenvalue weighted by Crippen LogP contribution is 2.26. The lowest BCUT2D eigenvalue weighted by Gasteiger charge is -2.20. The summed E-state index contributed by atoms with van der Waals surface area (Å²) < 4.78 is 5.46. The largest absolute Gasteiger partial charge is 0.494 e. The number of aliphatic carboxylic acids is 1. The third-order valence-electron chi connectivity index (χ3n) is 3.24. The number of amides is 1. The van der Waals surface area contributed by atoms with Crippen LogP contribution in [0.15, 0.2) is 24.3 Å². The second-order valence-corrected chi connectivity index (χ2v) is 7.75. The number of carbonyl (C=O) groups is 2. The molecule has 1 amide bonds. The van der Waals surface area contributed by atoms with Gasteiger partial charge in [0.25, 0.3) is 0 Å². The number of carboxylic acid groups (broad SMARTS) is 1. The Labute approximate surface area is 144 Å². The van der Waals surface area contributed by atoms with Gasteiger partial charge in [-0.15, -0.1) is 0 Å². The number of ether oxygens (including phenoxy) is 1. The Bertz CT molecular complexity index is 515. The van der Waals surface area contributed by atoms with E-state index in [4.69, 9.17) is 9.84 Å². The average molecular weight is 355 g/mol. The minimum Gasteiger partial charge on any atom is -0.494 e. The molecule has 1 aromatic carbocycles. The highest BCUT2D eigenvalue weighted by atomic mass is 32.2. The van der Waals surface area contributed by atoms with Crippen LogP contribution in [0.2, 0.25) is 0 Å². The molecule has 1 heterocycles. The summed E-state index contributed by atoms with van der Waals surface area (Å²) in [5.74, 6) is 3.24. The summed E-state index contributed by atoms with van der Waals surface area (Å²) in [7, 11) is 0. The number of carbonyl (C=O) groups excluding carboxylic acids is 1. The normalized spacial score (nSPS) is 17.5. The highest BCUT2D eigenvalue weighted by molar-refractivity contribution is 8.06. The fourth-order valence-electron chi connectivity index (χ4n) is 2.12. The van der Waals surface area contributed by atoms with Crippen molar-refractivity contribution in [3.63, 3.8) is 0 Å². The number of hydrogen-bond acceptors (Lipinski definition) is 5. The standard InChI is InChI=1S/C16H21NO4S2/c18-15(10-14-11-22-8-9-23-14)17-12-3-5-13(6-4-12)21-7-1-2-16(19)20/h3-6,14H,1-2,7-11H2,(H,17,18)(H,19,20). The maximum absolute atomic E-state index is 12.0. The molecule has 0 aromatic heterocycles. The van der Waals surface area contributed by atoms with Crippen LogP contribution in [0, 0.1) is 0 Å². The molecule has 23 heavy (non-hydrogen) atoms. The Hall–Kier alpha value is -1.34. The van der Waals surface area contributed by atoms with Crippen molar-refractivity contribution < 1.29 is 19.4 Å². The number of benzene rings is 1. The second kappa shape index (κ2) is 9.72. The first-order valence-corrected chi connectivity index (χ1v) is 9.77. The maximum atomic E-state index is 12.0. The van der Waals surface area contributed by atoms with Gasteiger partial charge in [0.15, 0.2) is 0 Å². The minimum absolute atomic E-state index is 0.0418.